The quantitative estimate of drug-likeness (QED) is 0.406. The molecular weight excluding hydrogens is 382 g/mol. The molecule has 7 nitrogen and oxygen atoms in total. The fourth-order valence-electron chi connectivity index (χ4n) is 4.47. The van der Waals surface area contributed by atoms with Gasteiger partial charge in [0.2, 0.25) is 0 Å². The number of carbonyl (C=O) groups excluding carboxylic acids is 1. The zero-order valence-corrected chi connectivity index (χ0v) is 17.0. The Labute approximate surface area is 176 Å². The first kappa shape index (κ1) is 20.5. The molecule has 2 aliphatic rings. The second kappa shape index (κ2) is 9.36. The van der Waals surface area contributed by atoms with E-state index >= 15 is 0 Å². The van der Waals surface area contributed by atoms with E-state index < -0.39 is 4.92 Å². The van der Waals surface area contributed by atoms with Crippen LogP contribution in [-0.4, -0.2) is 54.5 Å². The number of hydrogen-bond acceptors (Lipinski definition) is 6. The van der Waals surface area contributed by atoms with Crippen LogP contribution in [0.1, 0.15) is 35.2 Å². The standard InChI is InChI=1S/C23H27N3O4/c27-23(17-6-2-1-3-7-17)18-8-9-20(21(14-18)26(28)29)24-15-22(19-10-13-30-16-19)25-11-4-5-12-25/h1-3,6-9,14,19,22,24H,4-5,10-13,15-16H2/t19-,22-/m0/s1. The highest BCUT2D eigenvalue weighted by Gasteiger charge is 2.32. The predicted molar refractivity (Wildman–Crippen MR) is 115 cm³/mol. The summed E-state index contributed by atoms with van der Waals surface area (Å²) in [6.45, 7) is 4.28. The van der Waals surface area contributed by atoms with Crippen LogP contribution in [0.5, 0.6) is 0 Å². The summed E-state index contributed by atoms with van der Waals surface area (Å²) in [6, 6.07) is 13.8. The Hall–Kier alpha value is -2.77. The molecule has 2 heterocycles. The molecule has 2 saturated heterocycles. The molecule has 0 saturated carbocycles. The van der Waals surface area contributed by atoms with E-state index in [1.165, 1.54) is 18.9 Å². The Morgan fingerprint density at radius 1 is 1.17 bits per heavy atom. The number of ketones is 1. The minimum atomic E-state index is -0.423. The van der Waals surface area contributed by atoms with E-state index in [4.69, 9.17) is 4.74 Å². The summed E-state index contributed by atoms with van der Waals surface area (Å²) in [5.41, 5.74) is 1.22. The zero-order chi connectivity index (χ0) is 20.9. The minimum Gasteiger partial charge on any atom is -0.381 e. The molecule has 7 heteroatoms. The lowest BCUT2D eigenvalue weighted by Crippen LogP contribution is -2.44. The van der Waals surface area contributed by atoms with Crippen LogP contribution in [0.15, 0.2) is 48.5 Å². The lowest BCUT2D eigenvalue weighted by molar-refractivity contribution is -0.384. The molecule has 0 aliphatic carbocycles. The summed E-state index contributed by atoms with van der Waals surface area (Å²) in [5.74, 6) is 0.219. The van der Waals surface area contributed by atoms with Crippen molar-refractivity contribution >= 4 is 17.2 Å². The molecule has 0 spiro atoms. The highest BCUT2D eigenvalue weighted by Crippen LogP contribution is 2.29. The van der Waals surface area contributed by atoms with Crippen molar-refractivity contribution in [2.24, 2.45) is 5.92 Å². The molecule has 4 rings (SSSR count). The number of nitro benzene ring substituents is 1. The third-order valence-electron chi connectivity index (χ3n) is 6.11. The molecule has 0 unspecified atom stereocenters. The highest BCUT2D eigenvalue weighted by atomic mass is 16.6. The van der Waals surface area contributed by atoms with E-state index in [9.17, 15) is 14.9 Å². The van der Waals surface area contributed by atoms with Gasteiger partial charge in [-0.1, -0.05) is 30.3 Å². The summed E-state index contributed by atoms with van der Waals surface area (Å²) in [6.07, 6.45) is 3.41. The first-order valence-electron chi connectivity index (χ1n) is 10.6. The predicted octanol–water partition coefficient (Wildman–Crippen LogP) is 3.74. The average Bonchev–Trinajstić information content (AvgIpc) is 3.49. The van der Waals surface area contributed by atoms with Crippen molar-refractivity contribution in [3.63, 3.8) is 0 Å². The van der Waals surface area contributed by atoms with Gasteiger partial charge in [-0.15, -0.1) is 0 Å². The summed E-state index contributed by atoms with van der Waals surface area (Å²) >= 11 is 0. The molecule has 2 fully saturated rings. The molecule has 158 valence electrons. The van der Waals surface area contributed by atoms with Crippen LogP contribution < -0.4 is 5.32 Å². The first-order chi connectivity index (χ1) is 14.6. The van der Waals surface area contributed by atoms with Crippen molar-refractivity contribution < 1.29 is 14.5 Å². The van der Waals surface area contributed by atoms with Crippen molar-refractivity contribution in [1.82, 2.24) is 4.90 Å². The van der Waals surface area contributed by atoms with Gasteiger partial charge in [-0.3, -0.25) is 19.8 Å². The second-order valence-electron chi connectivity index (χ2n) is 8.00. The van der Waals surface area contributed by atoms with Gasteiger partial charge in [0, 0.05) is 42.3 Å². The second-order valence-corrected chi connectivity index (χ2v) is 8.00. The van der Waals surface area contributed by atoms with Crippen molar-refractivity contribution in [3.05, 3.63) is 69.8 Å². The van der Waals surface area contributed by atoms with Crippen molar-refractivity contribution in [2.75, 3.05) is 38.2 Å². The maximum atomic E-state index is 12.7. The lowest BCUT2D eigenvalue weighted by atomic mass is 9.97. The summed E-state index contributed by atoms with van der Waals surface area (Å²) in [7, 11) is 0. The number of nitrogens with one attached hydrogen (secondary N) is 1. The van der Waals surface area contributed by atoms with E-state index in [0.717, 1.165) is 32.7 Å². The number of benzene rings is 2. The highest BCUT2D eigenvalue weighted by molar-refractivity contribution is 6.09. The third kappa shape index (κ3) is 4.52. The topological polar surface area (TPSA) is 84.7 Å². The number of hydrogen-bond donors (Lipinski definition) is 1. The number of ether oxygens (including phenoxy) is 1. The van der Waals surface area contributed by atoms with E-state index in [2.05, 4.69) is 10.2 Å². The molecular formula is C23H27N3O4. The minimum absolute atomic E-state index is 0.0698. The number of carbonyl (C=O) groups is 1. The largest absolute Gasteiger partial charge is 0.381 e. The smallest absolute Gasteiger partial charge is 0.293 e. The van der Waals surface area contributed by atoms with Crippen LogP contribution in [-0.2, 0) is 4.74 Å². The van der Waals surface area contributed by atoms with E-state index in [1.807, 2.05) is 6.07 Å². The van der Waals surface area contributed by atoms with Crippen LogP contribution in [0, 0.1) is 16.0 Å². The molecule has 0 amide bonds. The van der Waals surface area contributed by atoms with Crippen molar-refractivity contribution in [1.29, 1.82) is 0 Å². The molecule has 30 heavy (non-hydrogen) atoms. The van der Waals surface area contributed by atoms with Crippen LogP contribution >= 0.6 is 0 Å². The fraction of sp³-hybridized carbons (Fsp3) is 0.435. The number of nitro groups is 1. The maximum Gasteiger partial charge on any atom is 0.293 e. The number of anilines is 1. The number of nitrogens with zero attached hydrogens (tertiary/aromatic N) is 2. The van der Waals surface area contributed by atoms with Crippen LogP contribution in [0.2, 0.25) is 0 Å². The first-order valence-corrected chi connectivity index (χ1v) is 10.6. The molecule has 0 aromatic heterocycles. The maximum absolute atomic E-state index is 12.7. The number of likely N-dealkylation sites (tertiary alicyclic amines) is 1. The zero-order valence-electron chi connectivity index (χ0n) is 17.0. The van der Waals surface area contributed by atoms with Crippen LogP contribution in [0.25, 0.3) is 0 Å². The Kier molecular flexibility index (Phi) is 6.40. The normalized spacial score (nSPS) is 20.2. The van der Waals surface area contributed by atoms with Gasteiger partial charge >= 0.3 is 0 Å². The summed E-state index contributed by atoms with van der Waals surface area (Å²) < 4.78 is 5.60. The van der Waals surface area contributed by atoms with Gasteiger partial charge in [0.15, 0.2) is 5.78 Å². The van der Waals surface area contributed by atoms with Gasteiger partial charge in [0.1, 0.15) is 5.69 Å². The molecule has 2 atom stereocenters. The SMILES string of the molecule is O=C(c1ccccc1)c1ccc(NC[C@@H]([C@H]2CCOC2)N2CCCC2)c([N+](=O)[O-])c1. The Morgan fingerprint density at radius 2 is 1.93 bits per heavy atom. The van der Waals surface area contributed by atoms with Gasteiger partial charge in [0.25, 0.3) is 5.69 Å². The fourth-order valence-corrected chi connectivity index (χ4v) is 4.47. The lowest BCUT2D eigenvalue weighted by Gasteiger charge is -2.32. The van der Waals surface area contributed by atoms with Gasteiger partial charge in [-0.25, -0.2) is 0 Å². The molecule has 2 aromatic carbocycles. The molecule has 1 N–H and O–H groups in total. The van der Waals surface area contributed by atoms with Crippen LogP contribution in [0.3, 0.4) is 0 Å². The van der Waals surface area contributed by atoms with Crippen molar-refractivity contribution in [3.8, 4) is 0 Å². The Morgan fingerprint density at radius 3 is 2.60 bits per heavy atom. The van der Waals surface area contributed by atoms with E-state index in [1.54, 1.807) is 36.4 Å². The summed E-state index contributed by atoms with van der Waals surface area (Å²) in [5, 5.41) is 15.0. The monoisotopic (exact) mass is 409 g/mol. The Balaban J connectivity index is 1.52. The molecule has 0 bridgehead atoms. The molecule has 0 radical (unpaired) electrons. The van der Waals surface area contributed by atoms with Gasteiger partial charge in [-0.05, 0) is 44.5 Å². The van der Waals surface area contributed by atoms with E-state index in [0.29, 0.717) is 35.3 Å². The van der Waals surface area contributed by atoms with Gasteiger partial charge in [-0.2, -0.15) is 0 Å². The molecule has 2 aromatic rings. The Bertz CT molecular complexity index is 875. The van der Waals surface area contributed by atoms with Crippen molar-refractivity contribution in [2.45, 2.75) is 25.3 Å². The molecule has 2 aliphatic heterocycles. The van der Waals surface area contributed by atoms with Crippen LogP contribution in [0.4, 0.5) is 11.4 Å². The van der Waals surface area contributed by atoms with Gasteiger partial charge < -0.3 is 10.1 Å². The van der Waals surface area contributed by atoms with Gasteiger partial charge in [0.05, 0.1) is 11.5 Å². The third-order valence-corrected chi connectivity index (χ3v) is 6.11. The number of rotatable bonds is 8. The van der Waals surface area contributed by atoms with E-state index in [-0.39, 0.29) is 11.5 Å². The average molecular weight is 409 g/mol. The summed E-state index contributed by atoms with van der Waals surface area (Å²) in [4.78, 5) is 26.5.